The van der Waals surface area contributed by atoms with E-state index in [0.717, 1.165) is 11.3 Å². The molecular weight excluding hydrogens is 273 g/mol. The minimum Gasteiger partial charge on any atom is -0.477 e. The van der Waals surface area contributed by atoms with Gasteiger partial charge in [-0.05, 0) is 18.6 Å². The fourth-order valence-corrected chi connectivity index (χ4v) is 3.40. The topological polar surface area (TPSA) is 50.2 Å². The molecular formula is C12H10FNO2S2. The maximum absolute atomic E-state index is 13.4. The van der Waals surface area contributed by atoms with Gasteiger partial charge in [0, 0.05) is 5.75 Å². The van der Waals surface area contributed by atoms with Crippen LogP contribution in [0, 0.1) is 12.7 Å². The Morgan fingerprint density at radius 2 is 2.22 bits per heavy atom. The van der Waals surface area contributed by atoms with Gasteiger partial charge in [0.15, 0.2) is 4.34 Å². The number of thioether (sulfide) groups is 1. The number of carbonyl (C=O) groups is 1. The summed E-state index contributed by atoms with van der Waals surface area (Å²) >= 11 is 2.47. The van der Waals surface area contributed by atoms with Gasteiger partial charge in [-0.25, -0.2) is 14.2 Å². The second-order valence-electron chi connectivity index (χ2n) is 3.58. The summed E-state index contributed by atoms with van der Waals surface area (Å²) < 4.78 is 14.0. The molecule has 1 N–H and O–H groups in total. The van der Waals surface area contributed by atoms with Crippen molar-refractivity contribution in [1.82, 2.24) is 4.98 Å². The quantitative estimate of drug-likeness (QED) is 0.871. The molecule has 2 rings (SSSR count). The Kier molecular flexibility index (Phi) is 3.98. The molecule has 18 heavy (non-hydrogen) atoms. The van der Waals surface area contributed by atoms with Crippen molar-refractivity contribution < 1.29 is 14.3 Å². The van der Waals surface area contributed by atoms with Gasteiger partial charge >= 0.3 is 5.97 Å². The fourth-order valence-electron chi connectivity index (χ4n) is 1.39. The summed E-state index contributed by atoms with van der Waals surface area (Å²) in [6.07, 6.45) is 0. The standard InChI is InChI=1S/C12H10FNO2S2/c1-7-10(11(15)16)18-12(14-7)17-6-8-4-2-3-5-9(8)13/h2-5H,6H2,1H3,(H,15,16). The molecule has 0 radical (unpaired) electrons. The maximum atomic E-state index is 13.4. The number of carboxylic acid groups (broad SMARTS) is 1. The van der Waals surface area contributed by atoms with Crippen LogP contribution in [0.15, 0.2) is 28.6 Å². The first-order valence-electron chi connectivity index (χ1n) is 5.15. The van der Waals surface area contributed by atoms with Gasteiger partial charge in [0.2, 0.25) is 0 Å². The number of nitrogens with zero attached hydrogens (tertiary/aromatic N) is 1. The van der Waals surface area contributed by atoms with E-state index >= 15 is 0 Å². The van der Waals surface area contributed by atoms with E-state index in [1.807, 2.05) is 0 Å². The Hall–Kier alpha value is -1.40. The van der Waals surface area contributed by atoms with Crippen LogP contribution in [-0.2, 0) is 5.75 Å². The predicted octanol–water partition coefficient (Wildman–Crippen LogP) is 3.58. The molecule has 0 aliphatic heterocycles. The molecule has 3 nitrogen and oxygen atoms in total. The van der Waals surface area contributed by atoms with E-state index in [9.17, 15) is 9.18 Å². The van der Waals surface area contributed by atoms with Gasteiger partial charge in [0.05, 0.1) is 5.69 Å². The number of aryl methyl sites for hydroxylation is 1. The number of aromatic carboxylic acids is 1. The van der Waals surface area contributed by atoms with E-state index in [0.29, 0.717) is 21.3 Å². The highest BCUT2D eigenvalue weighted by atomic mass is 32.2. The number of rotatable bonds is 4. The Labute approximate surface area is 112 Å². The largest absolute Gasteiger partial charge is 0.477 e. The number of carboxylic acids is 1. The van der Waals surface area contributed by atoms with Crippen molar-refractivity contribution in [2.75, 3.05) is 0 Å². The molecule has 0 aliphatic rings. The van der Waals surface area contributed by atoms with Gasteiger partial charge in [-0.2, -0.15) is 0 Å². The monoisotopic (exact) mass is 283 g/mol. The summed E-state index contributed by atoms with van der Waals surface area (Å²) in [5.74, 6) is -0.780. The van der Waals surface area contributed by atoms with Crippen molar-refractivity contribution in [1.29, 1.82) is 0 Å². The predicted molar refractivity (Wildman–Crippen MR) is 69.8 cm³/mol. The third-order valence-electron chi connectivity index (χ3n) is 2.28. The molecule has 94 valence electrons. The highest BCUT2D eigenvalue weighted by molar-refractivity contribution is 8.00. The summed E-state index contributed by atoms with van der Waals surface area (Å²) in [7, 11) is 0. The molecule has 0 unspecified atom stereocenters. The molecule has 0 atom stereocenters. The second-order valence-corrected chi connectivity index (χ2v) is 5.80. The lowest BCUT2D eigenvalue weighted by molar-refractivity contribution is 0.0701. The van der Waals surface area contributed by atoms with E-state index in [2.05, 4.69) is 4.98 Å². The van der Waals surface area contributed by atoms with E-state index in [4.69, 9.17) is 5.11 Å². The number of aromatic nitrogens is 1. The first-order valence-corrected chi connectivity index (χ1v) is 6.95. The molecule has 0 saturated carbocycles. The van der Waals surface area contributed by atoms with Crippen LogP contribution in [0.4, 0.5) is 4.39 Å². The first-order chi connectivity index (χ1) is 8.58. The maximum Gasteiger partial charge on any atom is 0.347 e. The van der Waals surface area contributed by atoms with Crippen molar-refractivity contribution in [2.45, 2.75) is 17.0 Å². The summed E-state index contributed by atoms with van der Waals surface area (Å²) in [6, 6.07) is 6.53. The Morgan fingerprint density at radius 3 is 2.83 bits per heavy atom. The van der Waals surface area contributed by atoms with Gasteiger partial charge < -0.3 is 5.11 Å². The van der Waals surface area contributed by atoms with Crippen LogP contribution in [0.1, 0.15) is 20.9 Å². The van der Waals surface area contributed by atoms with Crippen molar-refractivity contribution >= 4 is 29.1 Å². The molecule has 0 bridgehead atoms. The van der Waals surface area contributed by atoms with E-state index in [1.54, 1.807) is 25.1 Å². The zero-order valence-electron chi connectivity index (χ0n) is 9.51. The lowest BCUT2D eigenvalue weighted by Gasteiger charge is -1.99. The molecule has 1 aromatic heterocycles. The van der Waals surface area contributed by atoms with Crippen LogP contribution >= 0.6 is 23.1 Å². The molecule has 0 fully saturated rings. The smallest absolute Gasteiger partial charge is 0.347 e. The van der Waals surface area contributed by atoms with Gasteiger partial charge in [-0.3, -0.25) is 0 Å². The fraction of sp³-hybridized carbons (Fsp3) is 0.167. The van der Waals surface area contributed by atoms with E-state index in [-0.39, 0.29) is 10.7 Å². The highest BCUT2D eigenvalue weighted by Crippen LogP contribution is 2.30. The number of halogens is 1. The van der Waals surface area contributed by atoms with Gasteiger partial charge in [-0.1, -0.05) is 30.0 Å². The minimum absolute atomic E-state index is 0.242. The Morgan fingerprint density at radius 1 is 1.50 bits per heavy atom. The molecule has 2 aromatic rings. The van der Waals surface area contributed by atoms with E-state index in [1.165, 1.54) is 17.8 Å². The molecule has 0 saturated heterocycles. The summed E-state index contributed by atoms with van der Waals surface area (Å²) in [6.45, 7) is 1.66. The number of thiazole rings is 1. The SMILES string of the molecule is Cc1nc(SCc2ccccc2F)sc1C(=O)O. The van der Waals surface area contributed by atoms with Crippen LogP contribution in [0.5, 0.6) is 0 Å². The van der Waals surface area contributed by atoms with E-state index < -0.39 is 5.97 Å². The van der Waals surface area contributed by atoms with Crippen molar-refractivity contribution in [2.24, 2.45) is 0 Å². The van der Waals surface area contributed by atoms with Crippen LogP contribution in [0.25, 0.3) is 0 Å². The number of hydrogen-bond acceptors (Lipinski definition) is 4. The first kappa shape index (κ1) is 13.0. The zero-order valence-corrected chi connectivity index (χ0v) is 11.1. The van der Waals surface area contributed by atoms with Crippen molar-refractivity contribution in [3.8, 4) is 0 Å². The molecule has 1 heterocycles. The van der Waals surface area contributed by atoms with Crippen LogP contribution in [-0.4, -0.2) is 16.1 Å². The van der Waals surface area contributed by atoms with Gasteiger partial charge in [-0.15, -0.1) is 11.3 Å². The molecule has 6 heteroatoms. The third-order valence-corrected chi connectivity index (χ3v) is 4.62. The minimum atomic E-state index is -0.970. The normalized spacial score (nSPS) is 10.6. The van der Waals surface area contributed by atoms with Crippen LogP contribution in [0.3, 0.4) is 0 Å². The third kappa shape index (κ3) is 2.88. The number of benzene rings is 1. The van der Waals surface area contributed by atoms with Gasteiger partial charge in [0.25, 0.3) is 0 Å². The van der Waals surface area contributed by atoms with Crippen molar-refractivity contribution in [3.63, 3.8) is 0 Å². The molecule has 0 amide bonds. The lowest BCUT2D eigenvalue weighted by atomic mass is 10.2. The van der Waals surface area contributed by atoms with Crippen LogP contribution in [0.2, 0.25) is 0 Å². The molecule has 0 spiro atoms. The van der Waals surface area contributed by atoms with Gasteiger partial charge in [0.1, 0.15) is 10.7 Å². The van der Waals surface area contributed by atoms with Crippen LogP contribution < -0.4 is 0 Å². The Bertz CT molecular complexity index is 583. The molecule has 1 aromatic carbocycles. The Balaban J connectivity index is 2.09. The summed E-state index contributed by atoms with van der Waals surface area (Å²) in [4.78, 5) is 15.3. The second kappa shape index (κ2) is 5.49. The summed E-state index contributed by atoms with van der Waals surface area (Å²) in [5.41, 5.74) is 1.09. The average molecular weight is 283 g/mol. The number of hydrogen-bond donors (Lipinski definition) is 1. The zero-order chi connectivity index (χ0) is 13.1. The highest BCUT2D eigenvalue weighted by Gasteiger charge is 2.14. The lowest BCUT2D eigenvalue weighted by Crippen LogP contribution is -1.94. The molecule has 0 aliphatic carbocycles. The summed E-state index contributed by atoms with van der Waals surface area (Å²) in [5, 5.41) is 8.91. The average Bonchev–Trinajstić information content (AvgIpc) is 2.70. The van der Waals surface area contributed by atoms with Crippen molar-refractivity contribution in [3.05, 3.63) is 46.2 Å².